The maximum atomic E-state index is 11.3. The molecule has 94 valence electrons. The fraction of sp³-hybridized carbons (Fsp3) is 0.800. The van der Waals surface area contributed by atoms with Gasteiger partial charge in [0.2, 0.25) is 0 Å². The second-order valence-electron chi connectivity index (χ2n) is 4.43. The van der Waals surface area contributed by atoms with Crippen molar-refractivity contribution < 1.29 is 19.1 Å². The van der Waals surface area contributed by atoms with Gasteiger partial charge in [-0.3, -0.25) is 4.79 Å². The zero-order chi connectivity index (χ0) is 12.8. The lowest BCUT2D eigenvalue weighted by molar-refractivity contribution is -0.142. The van der Waals surface area contributed by atoms with E-state index in [1.54, 1.807) is 27.7 Å². The minimum Gasteiger partial charge on any atom is -0.463 e. The van der Waals surface area contributed by atoms with E-state index in [0.29, 0.717) is 0 Å². The van der Waals surface area contributed by atoms with Gasteiger partial charge in [-0.25, -0.2) is 4.79 Å². The van der Waals surface area contributed by atoms with Crippen molar-refractivity contribution in [2.45, 2.75) is 39.3 Å². The molecule has 0 saturated carbocycles. The summed E-state index contributed by atoms with van der Waals surface area (Å²) in [4.78, 5) is 22.0. The lowest BCUT2D eigenvalue weighted by Crippen LogP contribution is -2.40. The number of alkyl carbamates (subject to hydrolysis) is 1. The quantitative estimate of drug-likeness (QED) is 0.685. The van der Waals surface area contributed by atoms with Crippen LogP contribution in [0, 0.1) is 0 Å². The minimum absolute atomic E-state index is 0.0786. The first-order valence-electron chi connectivity index (χ1n) is 5.10. The summed E-state index contributed by atoms with van der Waals surface area (Å²) in [5, 5.41) is 2.54. The molecule has 6 nitrogen and oxygen atoms in total. The van der Waals surface area contributed by atoms with Crippen molar-refractivity contribution in [2.75, 3.05) is 13.2 Å². The lowest BCUT2D eigenvalue weighted by atomic mass is 10.2. The number of rotatable bonds is 4. The molecule has 0 spiro atoms. The summed E-state index contributed by atoms with van der Waals surface area (Å²) >= 11 is 0. The van der Waals surface area contributed by atoms with Crippen LogP contribution < -0.4 is 11.1 Å². The molecule has 0 aliphatic carbocycles. The topological polar surface area (TPSA) is 90.6 Å². The molecule has 0 heterocycles. The van der Waals surface area contributed by atoms with Crippen molar-refractivity contribution in [3.63, 3.8) is 0 Å². The Bertz CT molecular complexity index is 248. The third-order valence-electron chi connectivity index (χ3n) is 1.42. The van der Waals surface area contributed by atoms with Crippen LogP contribution in [0.4, 0.5) is 4.79 Å². The molecule has 3 N–H and O–H groups in total. The molecule has 0 saturated heterocycles. The number of carbonyl (C=O) groups excluding carboxylic acids is 2. The van der Waals surface area contributed by atoms with E-state index in [0.717, 1.165) is 0 Å². The Kier molecular flexibility index (Phi) is 5.81. The SMILES string of the molecule is CC(COC(=O)CN)NC(=O)OC(C)(C)C. The molecule has 0 aliphatic rings. The largest absolute Gasteiger partial charge is 0.463 e. The van der Waals surface area contributed by atoms with Crippen molar-refractivity contribution in [1.29, 1.82) is 0 Å². The molecule has 0 aromatic rings. The zero-order valence-corrected chi connectivity index (χ0v) is 10.2. The monoisotopic (exact) mass is 232 g/mol. The molecule has 0 bridgehead atoms. The van der Waals surface area contributed by atoms with Gasteiger partial charge in [0.05, 0.1) is 12.6 Å². The Hall–Kier alpha value is -1.30. The summed E-state index contributed by atoms with van der Waals surface area (Å²) in [6.07, 6.45) is -0.538. The van der Waals surface area contributed by atoms with Crippen LogP contribution >= 0.6 is 0 Å². The van der Waals surface area contributed by atoms with E-state index >= 15 is 0 Å². The predicted octanol–water partition coefficient (Wildman–Crippen LogP) is 0.401. The van der Waals surface area contributed by atoms with Crippen molar-refractivity contribution >= 4 is 12.1 Å². The first kappa shape index (κ1) is 14.7. The Morgan fingerprint density at radius 3 is 2.38 bits per heavy atom. The summed E-state index contributed by atoms with van der Waals surface area (Å²) in [5.74, 6) is -0.502. The number of nitrogens with one attached hydrogen (secondary N) is 1. The van der Waals surface area contributed by atoms with Gasteiger partial charge < -0.3 is 20.5 Å². The highest BCUT2D eigenvalue weighted by Gasteiger charge is 2.18. The van der Waals surface area contributed by atoms with E-state index < -0.39 is 17.7 Å². The van der Waals surface area contributed by atoms with Crippen LogP contribution in [0.15, 0.2) is 0 Å². The first-order chi connectivity index (χ1) is 7.24. The molecular formula is C10H20N2O4. The number of esters is 1. The van der Waals surface area contributed by atoms with Gasteiger partial charge in [-0.05, 0) is 27.7 Å². The van der Waals surface area contributed by atoms with Crippen LogP contribution in [0.2, 0.25) is 0 Å². The molecule has 0 aromatic heterocycles. The Morgan fingerprint density at radius 2 is 1.94 bits per heavy atom. The molecule has 1 unspecified atom stereocenters. The van der Waals surface area contributed by atoms with Crippen LogP contribution in [-0.2, 0) is 14.3 Å². The van der Waals surface area contributed by atoms with Crippen LogP contribution in [0.1, 0.15) is 27.7 Å². The standard InChI is InChI=1S/C10H20N2O4/c1-7(6-15-8(13)5-11)12-9(14)16-10(2,3)4/h7H,5-6,11H2,1-4H3,(H,12,14). The second-order valence-corrected chi connectivity index (χ2v) is 4.43. The van der Waals surface area contributed by atoms with Gasteiger partial charge in [0.1, 0.15) is 12.2 Å². The average Bonchev–Trinajstić information content (AvgIpc) is 2.10. The van der Waals surface area contributed by atoms with E-state index in [1.807, 2.05) is 0 Å². The van der Waals surface area contributed by atoms with Crippen LogP contribution in [0.5, 0.6) is 0 Å². The molecule has 6 heteroatoms. The zero-order valence-electron chi connectivity index (χ0n) is 10.2. The molecule has 0 aliphatic heterocycles. The molecular weight excluding hydrogens is 212 g/mol. The summed E-state index contributed by atoms with van der Waals surface area (Å²) in [6, 6.07) is -0.314. The fourth-order valence-corrected chi connectivity index (χ4v) is 0.827. The maximum absolute atomic E-state index is 11.3. The van der Waals surface area contributed by atoms with Gasteiger partial charge in [0, 0.05) is 0 Å². The predicted molar refractivity (Wildman–Crippen MR) is 58.8 cm³/mol. The molecule has 16 heavy (non-hydrogen) atoms. The number of nitrogens with two attached hydrogens (primary N) is 1. The van der Waals surface area contributed by atoms with E-state index in [1.165, 1.54) is 0 Å². The van der Waals surface area contributed by atoms with E-state index in [2.05, 4.69) is 5.32 Å². The Morgan fingerprint density at radius 1 is 1.38 bits per heavy atom. The first-order valence-corrected chi connectivity index (χ1v) is 5.10. The second kappa shape index (κ2) is 6.32. The summed E-state index contributed by atoms with van der Waals surface area (Å²) < 4.78 is 9.78. The van der Waals surface area contributed by atoms with Crippen molar-refractivity contribution in [3.05, 3.63) is 0 Å². The number of ether oxygens (including phenoxy) is 2. The number of amides is 1. The number of hydrogen-bond acceptors (Lipinski definition) is 5. The average molecular weight is 232 g/mol. The third kappa shape index (κ3) is 8.05. The molecule has 0 aromatic carbocycles. The van der Waals surface area contributed by atoms with Crippen LogP contribution in [-0.4, -0.2) is 36.9 Å². The normalized spacial score (nSPS) is 12.8. The lowest BCUT2D eigenvalue weighted by Gasteiger charge is -2.21. The molecule has 1 atom stereocenters. The van der Waals surface area contributed by atoms with E-state index in [-0.39, 0.29) is 19.2 Å². The van der Waals surface area contributed by atoms with E-state index in [4.69, 9.17) is 15.2 Å². The molecule has 0 radical (unpaired) electrons. The summed E-state index contributed by atoms with van der Waals surface area (Å²) in [6.45, 7) is 6.92. The van der Waals surface area contributed by atoms with Gasteiger partial charge in [-0.15, -0.1) is 0 Å². The number of hydrogen-bond donors (Lipinski definition) is 2. The third-order valence-corrected chi connectivity index (χ3v) is 1.42. The highest BCUT2D eigenvalue weighted by Crippen LogP contribution is 2.06. The van der Waals surface area contributed by atoms with Crippen molar-refractivity contribution in [2.24, 2.45) is 5.73 Å². The fourth-order valence-electron chi connectivity index (χ4n) is 0.827. The molecule has 1 amide bonds. The van der Waals surface area contributed by atoms with Gasteiger partial charge >= 0.3 is 12.1 Å². The Balaban J connectivity index is 3.83. The van der Waals surface area contributed by atoms with Crippen LogP contribution in [0.25, 0.3) is 0 Å². The van der Waals surface area contributed by atoms with E-state index in [9.17, 15) is 9.59 Å². The molecule has 0 rings (SSSR count). The Labute approximate surface area is 95.5 Å². The van der Waals surface area contributed by atoms with Gasteiger partial charge in [-0.1, -0.05) is 0 Å². The highest BCUT2D eigenvalue weighted by molar-refractivity contribution is 5.71. The summed E-state index contributed by atoms with van der Waals surface area (Å²) in [7, 11) is 0. The van der Waals surface area contributed by atoms with Crippen molar-refractivity contribution in [1.82, 2.24) is 5.32 Å². The highest BCUT2D eigenvalue weighted by atomic mass is 16.6. The molecule has 0 fully saturated rings. The maximum Gasteiger partial charge on any atom is 0.407 e. The van der Waals surface area contributed by atoms with Crippen LogP contribution in [0.3, 0.4) is 0 Å². The van der Waals surface area contributed by atoms with Crippen molar-refractivity contribution in [3.8, 4) is 0 Å². The van der Waals surface area contributed by atoms with Gasteiger partial charge in [0.25, 0.3) is 0 Å². The van der Waals surface area contributed by atoms with Gasteiger partial charge in [0.15, 0.2) is 0 Å². The van der Waals surface area contributed by atoms with Gasteiger partial charge in [-0.2, -0.15) is 0 Å². The smallest absolute Gasteiger partial charge is 0.407 e. The summed E-state index contributed by atoms with van der Waals surface area (Å²) in [5.41, 5.74) is 4.51. The minimum atomic E-state index is -0.544. The number of carbonyl (C=O) groups is 2.